The third-order valence-corrected chi connectivity index (χ3v) is 3.63. The third-order valence-electron chi connectivity index (χ3n) is 3.63. The molecule has 0 spiro atoms. The highest BCUT2D eigenvalue weighted by molar-refractivity contribution is 5.88. The van der Waals surface area contributed by atoms with Gasteiger partial charge in [-0.05, 0) is 19.8 Å². The second-order valence-electron chi connectivity index (χ2n) is 5.08. The molecule has 0 aliphatic heterocycles. The van der Waals surface area contributed by atoms with Crippen LogP contribution in [0.3, 0.4) is 0 Å². The number of carbonyl (C=O) groups excluding carboxylic acids is 2. The maximum Gasteiger partial charge on any atom is 0.241 e. The van der Waals surface area contributed by atoms with Crippen LogP contribution in [0.4, 0.5) is 0 Å². The normalized spacial score (nSPS) is 11.2. The molecular weight excluding hydrogens is 242 g/mol. The number of hydrogen-bond acceptors (Lipinski definition) is 3. The van der Waals surface area contributed by atoms with Crippen molar-refractivity contribution in [1.29, 1.82) is 0 Å². The highest BCUT2D eigenvalue weighted by Gasteiger charge is 2.35. The maximum atomic E-state index is 12.3. The molecule has 0 aliphatic carbocycles. The minimum absolute atomic E-state index is 0.0539. The van der Waals surface area contributed by atoms with Crippen molar-refractivity contribution in [2.24, 2.45) is 11.1 Å². The Hall–Kier alpha value is -1.10. The summed E-state index contributed by atoms with van der Waals surface area (Å²) < 4.78 is 0. The monoisotopic (exact) mass is 271 g/mol. The lowest BCUT2D eigenvalue weighted by molar-refractivity contribution is -0.136. The first-order chi connectivity index (χ1) is 8.97. The zero-order chi connectivity index (χ0) is 14.9. The Kier molecular flexibility index (Phi) is 8.39. The number of nitrogens with two attached hydrogens (primary N) is 1. The Morgan fingerprint density at radius 1 is 1.16 bits per heavy atom. The first-order valence-electron chi connectivity index (χ1n) is 7.19. The highest BCUT2D eigenvalue weighted by atomic mass is 16.2. The topological polar surface area (TPSA) is 75.4 Å². The predicted octanol–water partition coefficient (Wildman–Crippen LogP) is 1.13. The van der Waals surface area contributed by atoms with Crippen LogP contribution in [0, 0.1) is 5.41 Å². The first kappa shape index (κ1) is 17.9. The molecule has 0 radical (unpaired) electrons. The van der Waals surface area contributed by atoms with E-state index >= 15 is 0 Å². The van der Waals surface area contributed by atoms with Crippen LogP contribution in [0.1, 0.15) is 46.5 Å². The Balaban J connectivity index is 4.60. The molecule has 2 amide bonds. The van der Waals surface area contributed by atoms with E-state index in [-0.39, 0.29) is 18.4 Å². The number of rotatable bonds is 9. The van der Waals surface area contributed by atoms with E-state index in [9.17, 15) is 9.59 Å². The summed E-state index contributed by atoms with van der Waals surface area (Å²) in [6, 6.07) is 0. The number of hydrogen-bond donors (Lipinski definition) is 2. The van der Waals surface area contributed by atoms with Gasteiger partial charge in [0.2, 0.25) is 11.8 Å². The molecule has 3 N–H and O–H groups in total. The Morgan fingerprint density at radius 2 is 1.68 bits per heavy atom. The van der Waals surface area contributed by atoms with Crippen molar-refractivity contribution in [3.63, 3.8) is 0 Å². The fourth-order valence-electron chi connectivity index (χ4n) is 2.26. The summed E-state index contributed by atoms with van der Waals surface area (Å²) in [5, 5.41) is 2.75. The Morgan fingerprint density at radius 3 is 2.05 bits per heavy atom. The molecule has 0 aromatic heterocycles. The summed E-state index contributed by atoms with van der Waals surface area (Å²) in [6.45, 7) is 7.02. The van der Waals surface area contributed by atoms with Gasteiger partial charge in [0.05, 0.1) is 12.0 Å². The van der Waals surface area contributed by atoms with E-state index in [1.807, 2.05) is 20.8 Å². The van der Waals surface area contributed by atoms with Gasteiger partial charge in [0.25, 0.3) is 0 Å². The molecule has 0 heterocycles. The molecule has 0 unspecified atom stereocenters. The molecule has 0 aliphatic rings. The lowest BCUT2D eigenvalue weighted by Crippen LogP contribution is -2.48. The van der Waals surface area contributed by atoms with Crippen molar-refractivity contribution in [3.05, 3.63) is 0 Å². The zero-order valence-corrected chi connectivity index (χ0v) is 12.8. The summed E-state index contributed by atoms with van der Waals surface area (Å²) in [4.78, 5) is 25.6. The van der Waals surface area contributed by atoms with Crippen molar-refractivity contribution < 1.29 is 9.59 Å². The Labute approximate surface area is 116 Å². The quantitative estimate of drug-likeness (QED) is 0.660. The molecular formula is C14H29N3O2. The van der Waals surface area contributed by atoms with Gasteiger partial charge in [0.1, 0.15) is 0 Å². The van der Waals surface area contributed by atoms with E-state index < -0.39 is 5.41 Å². The molecule has 0 rings (SSSR count). The van der Waals surface area contributed by atoms with Crippen LogP contribution in [0.15, 0.2) is 0 Å². The van der Waals surface area contributed by atoms with Crippen molar-refractivity contribution in [2.75, 3.05) is 26.7 Å². The zero-order valence-electron chi connectivity index (χ0n) is 12.8. The average molecular weight is 271 g/mol. The first-order valence-corrected chi connectivity index (χ1v) is 7.19. The molecule has 0 atom stereocenters. The van der Waals surface area contributed by atoms with Crippen LogP contribution in [-0.2, 0) is 9.59 Å². The smallest absolute Gasteiger partial charge is 0.241 e. The van der Waals surface area contributed by atoms with Crippen molar-refractivity contribution >= 4 is 11.8 Å². The molecule has 0 aromatic carbocycles. The van der Waals surface area contributed by atoms with Crippen LogP contribution in [0.25, 0.3) is 0 Å². The molecule has 5 nitrogen and oxygen atoms in total. The largest absolute Gasteiger partial charge is 0.347 e. The van der Waals surface area contributed by atoms with E-state index in [4.69, 9.17) is 5.73 Å². The average Bonchev–Trinajstić information content (AvgIpc) is 2.42. The lowest BCUT2D eigenvalue weighted by Gasteiger charge is -2.30. The lowest BCUT2D eigenvalue weighted by atomic mass is 9.78. The van der Waals surface area contributed by atoms with Crippen molar-refractivity contribution in [3.8, 4) is 0 Å². The van der Waals surface area contributed by atoms with Gasteiger partial charge >= 0.3 is 0 Å². The van der Waals surface area contributed by atoms with E-state index in [0.29, 0.717) is 13.1 Å². The molecule has 0 aromatic rings. The summed E-state index contributed by atoms with van der Waals surface area (Å²) in [5.74, 6) is -0.161. The molecule has 5 heteroatoms. The van der Waals surface area contributed by atoms with Crippen LogP contribution in [-0.4, -0.2) is 43.4 Å². The molecule has 0 bridgehead atoms. The second kappa shape index (κ2) is 8.91. The fraction of sp³-hybridized carbons (Fsp3) is 0.857. The molecule has 0 saturated carbocycles. The van der Waals surface area contributed by atoms with Gasteiger partial charge < -0.3 is 16.0 Å². The number of carbonyl (C=O) groups is 2. The maximum absolute atomic E-state index is 12.3. The summed E-state index contributed by atoms with van der Waals surface area (Å²) in [6.07, 6.45) is 3.35. The van der Waals surface area contributed by atoms with Gasteiger partial charge in [0, 0.05) is 20.1 Å². The van der Waals surface area contributed by atoms with Crippen LogP contribution in [0.5, 0.6) is 0 Å². The van der Waals surface area contributed by atoms with Gasteiger partial charge in [-0.3, -0.25) is 9.59 Å². The van der Waals surface area contributed by atoms with Crippen LogP contribution < -0.4 is 11.1 Å². The second-order valence-corrected chi connectivity index (χ2v) is 5.08. The van der Waals surface area contributed by atoms with Gasteiger partial charge in [0.15, 0.2) is 0 Å². The molecule has 112 valence electrons. The minimum Gasteiger partial charge on any atom is -0.347 e. The summed E-state index contributed by atoms with van der Waals surface area (Å²) >= 11 is 0. The number of amides is 2. The predicted molar refractivity (Wildman–Crippen MR) is 77.6 cm³/mol. The summed E-state index contributed by atoms with van der Waals surface area (Å²) in [7, 11) is 1.72. The fourth-order valence-corrected chi connectivity index (χ4v) is 2.26. The molecule has 0 fully saturated rings. The van der Waals surface area contributed by atoms with E-state index in [2.05, 4.69) is 5.32 Å². The van der Waals surface area contributed by atoms with Crippen molar-refractivity contribution in [2.45, 2.75) is 46.5 Å². The number of likely N-dealkylation sites (N-methyl/N-ethyl adjacent to an activating group) is 1. The summed E-state index contributed by atoms with van der Waals surface area (Å²) in [5.41, 5.74) is 5.30. The molecule has 19 heavy (non-hydrogen) atoms. The van der Waals surface area contributed by atoms with Crippen LogP contribution >= 0.6 is 0 Å². The van der Waals surface area contributed by atoms with Gasteiger partial charge in [-0.15, -0.1) is 0 Å². The molecule has 0 saturated heterocycles. The third kappa shape index (κ3) is 5.19. The number of nitrogens with one attached hydrogen (secondary N) is 1. The SMILES string of the molecule is CCCC(CN)(CCC)C(=O)NCC(=O)N(C)CC. The van der Waals surface area contributed by atoms with Gasteiger partial charge in [-0.2, -0.15) is 0 Å². The van der Waals surface area contributed by atoms with Crippen LogP contribution in [0.2, 0.25) is 0 Å². The van der Waals surface area contributed by atoms with E-state index in [1.54, 1.807) is 11.9 Å². The van der Waals surface area contributed by atoms with E-state index in [1.165, 1.54) is 0 Å². The van der Waals surface area contributed by atoms with Crippen molar-refractivity contribution in [1.82, 2.24) is 10.2 Å². The van der Waals surface area contributed by atoms with Gasteiger partial charge in [-0.1, -0.05) is 26.7 Å². The highest BCUT2D eigenvalue weighted by Crippen LogP contribution is 2.28. The van der Waals surface area contributed by atoms with Gasteiger partial charge in [-0.25, -0.2) is 0 Å². The Bertz CT molecular complexity index is 286. The standard InChI is InChI=1S/C14H29N3O2/c1-5-8-14(11-15,9-6-2)13(19)16-10-12(18)17(4)7-3/h5-11,15H2,1-4H3,(H,16,19). The van der Waals surface area contributed by atoms with E-state index in [0.717, 1.165) is 25.7 Å². The minimum atomic E-state index is -0.519. The number of nitrogens with zero attached hydrogens (tertiary/aromatic N) is 1.